The third-order valence-electron chi connectivity index (χ3n) is 3.31. The molecule has 0 aliphatic rings. The summed E-state index contributed by atoms with van der Waals surface area (Å²) in [6.45, 7) is 3.54. The predicted molar refractivity (Wildman–Crippen MR) is 73.3 cm³/mol. The fourth-order valence-electron chi connectivity index (χ4n) is 2.26. The zero-order valence-electron chi connectivity index (χ0n) is 11.5. The maximum absolute atomic E-state index is 13.0. The molecule has 0 unspecified atom stereocenters. The normalized spacial score (nSPS) is 15.8. The molecule has 19 heavy (non-hydrogen) atoms. The number of hydrogen-bond donors (Lipinski definition) is 2. The van der Waals surface area contributed by atoms with Crippen molar-refractivity contribution in [3.8, 4) is 0 Å². The number of carboxylic acids is 1. The topological polar surface area (TPSA) is 63.3 Å². The lowest BCUT2D eigenvalue weighted by Crippen LogP contribution is -2.46. The lowest BCUT2D eigenvalue weighted by Gasteiger charge is -2.23. The van der Waals surface area contributed by atoms with Gasteiger partial charge in [-0.1, -0.05) is 25.5 Å². The fraction of sp³-hybridized carbons (Fsp3) is 0.533. The second-order valence-corrected chi connectivity index (χ2v) is 5.55. The number of aryl methyl sites for hydroxylation is 1. The highest BCUT2D eigenvalue weighted by Crippen LogP contribution is 2.20. The summed E-state index contributed by atoms with van der Waals surface area (Å²) in [6, 6.07) is 6.57. The SMILES string of the molecule is C[C@H](CCCc1cccc(F)c1)C[C@@](C)(N)C(=O)O. The summed E-state index contributed by atoms with van der Waals surface area (Å²) in [7, 11) is 0. The molecule has 0 aliphatic heterocycles. The van der Waals surface area contributed by atoms with Crippen LogP contribution in [0.25, 0.3) is 0 Å². The number of halogens is 1. The van der Waals surface area contributed by atoms with E-state index in [4.69, 9.17) is 10.8 Å². The van der Waals surface area contributed by atoms with Crippen molar-refractivity contribution in [2.24, 2.45) is 11.7 Å². The highest BCUT2D eigenvalue weighted by atomic mass is 19.1. The summed E-state index contributed by atoms with van der Waals surface area (Å²) in [5.74, 6) is -0.949. The van der Waals surface area contributed by atoms with Gasteiger partial charge in [0.2, 0.25) is 0 Å². The molecule has 0 aliphatic carbocycles. The van der Waals surface area contributed by atoms with Crippen LogP contribution in [0.2, 0.25) is 0 Å². The standard InChI is InChI=1S/C15H22FNO2/c1-11(10-15(2,17)14(18)19)5-3-6-12-7-4-8-13(16)9-12/h4,7-9,11H,3,5-6,10,17H2,1-2H3,(H,18,19)/t11-,15-/m1/s1. The van der Waals surface area contributed by atoms with Crippen molar-refractivity contribution < 1.29 is 14.3 Å². The Labute approximate surface area is 113 Å². The molecular formula is C15H22FNO2. The summed E-state index contributed by atoms with van der Waals surface area (Å²) < 4.78 is 13.0. The third kappa shape index (κ3) is 5.39. The van der Waals surface area contributed by atoms with Gasteiger partial charge in [0.1, 0.15) is 11.4 Å². The number of rotatable bonds is 7. The fourth-order valence-corrected chi connectivity index (χ4v) is 2.26. The first-order valence-corrected chi connectivity index (χ1v) is 6.58. The Hall–Kier alpha value is -1.42. The number of hydrogen-bond acceptors (Lipinski definition) is 2. The van der Waals surface area contributed by atoms with E-state index >= 15 is 0 Å². The average Bonchev–Trinajstić information content (AvgIpc) is 2.28. The van der Waals surface area contributed by atoms with Gasteiger partial charge in [0.25, 0.3) is 0 Å². The van der Waals surface area contributed by atoms with Crippen molar-refractivity contribution in [2.75, 3.05) is 0 Å². The van der Waals surface area contributed by atoms with Crippen LogP contribution in [0.15, 0.2) is 24.3 Å². The zero-order valence-corrected chi connectivity index (χ0v) is 11.5. The van der Waals surface area contributed by atoms with Gasteiger partial charge >= 0.3 is 5.97 Å². The van der Waals surface area contributed by atoms with Crippen LogP contribution < -0.4 is 5.73 Å². The minimum absolute atomic E-state index is 0.217. The van der Waals surface area contributed by atoms with Gasteiger partial charge in [0, 0.05) is 0 Å². The summed E-state index contributed by atoms with van der Waals surface area (Å²) in [4.78, 5) is 10.9. The van der Waals surface area contributed by atoms with Crippen LogP contribution in [-0.2, 0) is 11.2 Å². The van der Waals surface area contributed by atoms with E-state index in [0.29, 0.717) is 6.42 Å². The van der Waals surface area contributed by atoms with E-state index in [0.717, 1.165) is 24.8 Å². The van der Waals surface area contributed by atoms with Crippen LogP contribution in [0.1, 0.15) is 38.7 Å². The number of benzene rings is 1. The molecule has 106 valence electrons. The molecule has 3 N–H and O–H groups in total. The lowest BCUT2D eigenvalue weighted by atomic mass is 9.87. The quantitative estimate of drug-likeness (QED) is 0.798. The Morgan fingerprint density at radius 1 is 1.53 bits per heavy atom. The van der Waals surface area contributed by atoms with E-state index in [1.165, 1.54) is 12.1 Å². The first-order chi connectivity index (χ1) is 8.81. The molecule has 0 fully saturated rings. The monoisotopic (exact) mass is 267 g/mol. The first-order valence-electron chi connectivity index (χ1n) is 6.58. The van der Waals surface area contributed by atoms with E-state index in [1.54, 1.807) is 13.0 Å². The van der Waals surface area contributed by atoms with Crippen molar-refractivity contribution in [1.29, 1.82) is 0 Å². The molecule has 2 atom stereocenters. The Morgan fingerprint density at radius 3 is 2.79 bits per heavy atom. The Kier molecular flexibility index (Phi) is 5.48. The molecule has 0 aromatic heterocycles. The van der Waals surface area contributed by atoms with Crippen molar-refractivity contribution >= 4 is 5.97 Å². The smallest absolute Gasteiger partial charge is 0.323 e. The van der Waals surface area contributed by atoms with Gasteiger partial charge in [0.15, 0.2) is 0 Å². The highest BCUT2D eigenvalue weighted by molar-refractivity contribution is 5.77. The highest BCUT2D eigenvalue weighted by Gasteiger charge is 2.29. The van der Waals surface area contributed by atoms with E-state index in [9.17, 15) is 9.18 Å². The van der Waals surface area contributed by atoms with E-state index in [2.05, 4.69) is 0 Å². The minimum Gasteiger partial charge on any atom is -0.480 e. The van der Waals surface area contributed by atoms with Gasteiger partial charge in [-0.05, 0) is 49.8 Å². The van der Waals surface area contributed by atoms with Gasteiger partial charge in [-0.15, -0.1) is 0 Å². The second-order valence-electron chi connectivity index (χ2n) is 5.55. The zero-order chi connectivity index (χ0) is 14.5. The van der Waals surface area contributed by atoms with Crippen molar-refractivity contribution in [2.45, 2.75) is 45.1 Å². The third-order valence-corrected chi connectivity index (χ3v) is 3.31. The summed E-state index contributed by atoms with van der Waals surface area (Å²) in [5.41, 5.74) is 5.52. The van der Waals surface area contributed by atoms with Crippen molar-refractivity contribution in [1.82, 2.24) is 0 Å². The largest absolute Gasteiger partial charge is 0.480 e. The van der Waals surface area contributed by atoms with Gasteiger partial charge in [-0.25, -0.2) is 4.39 Å². The molecule has 1 aromatic carbocycles. The molecule has 0 saturated carbocycles. The van der Waals surface area contributed by atoms with Gasteiger partial charge < -0.3 is 10.8 Å². The molecule has 0 saturated heterocycles. The van der Waals surface area contributed by atoms with Gasteiger partial charge in [0.05, 0.1) is 0 Å². The first kappa shape index (κ1) is 15.6. The van der Waals surface area contributed by atoms with Crippen LogP contribution >= 0.6 is 0 Å². The summed E-state index contributed by atoms with van der Waals surface area (Å²) >= 11 is 0. The van der Waals surface area contributed by atoms with Crippen LogP contribution in [0.3, 0.4) is 0 Å². The van der Waals surface area contributed by atoms with E-state index in [-0.39, 0.29) is 11.7 Å². The average molecular weight is 267 g/mol. The van der Waals surface area contributed by atoms with Crippen LogP contribution in [0, 0.1) is 11.7 Å². The number of carboxylic acid groups (broad SMARTS) is 1. The number of carbonyl (C=O) groups is 1. The number of aliphatic carboxylic acids is 1. The Bertz CT molecular complexity index is 432. The molecule has 0 heterocycles. The maximum Gasteiger partial charge on any atom is 0.323 e. The molecule has 0 amide bonds. The predicted octanol–water partition coefficient (Wildman–Crippen LogP) is 2.98. The molecule has 1 aromatic rings. The lowest BCUT2D eigenvalue weighted by molar-refractivity contribution is -0.143. The summed E-state index contributed by atoms with van der Waals surface area (Å²) in [5, 5.41) is 8.96. The summed E-state index contributed by atoms with van der Waals surface area (Å²) in [6.07, 6.45) is 3.04. The van der Waals surface area contributed by atoms with Crippen LogP contribution in [0.4, 0.5) is 4.39 Å². The molecule has 0 radical (unpaired) electrons. The van der Waals surface area contributed by atoms with Gasteiger partial charge in [-0.3, -0.25) is 4.79 Å². The van der Waals surface area contributed by atoms with Gasteiger partial charge in [-0.2, -0.15) is 0 Å². The van der Waals surface area contributed by atoms with E-state index in [1.807, 2.05) is 13.0 Å². The molecule has 4 heteroatoms. The second kappa shape index (κ2) is 6.66. The van der Waals surface area contributed by atoms with E-state index < -0.39 is 11.5 Å². The molecule has 0 bridgehead atoms. The molecule has 0 spiro atoms. The maximum atomic E-state index is 13.0. The number of nitrogens with two attached hydrogens (primary N) is 1. The molecule has 1 rings (SSSR count). The minimum atomic E-state index is -1.17. The van der Waals surface area contributed by atoms with Crippen LogP contribution in [-0.4, -0.2) is 16.6 Å². The van der Waals surface area contributed by atoms with Crippen molar-refractivity contribution in [3.05, 3.63) is 35.6 Å². The molecule has 3 nitrogen and oxygen atoms in total. The Balaban J connectivity index is 2.35. The van der Waals surface area contributed by atoms with Crippen molar-refractivity contribution in [3.63, 3.8) is 0 Å². The molecular weight excluding hydrogens is 245 g/mol. The van der Waals surface area contributed by atoms with Crippen LogP contribution in [0.5, 0.6) is 0 Å². The Morgan fingerprint density at radius 2 is 2.21 bits per heavy atom.